The van der Waals surface area contributed by atoms with Crippen LogP contribution in [0.2, 0.25) is 19.6 Å². The van der Waals surface area contributed by atoms with Crippen LogP contribution < -0.4 is 9.92 Å². The highest BCUT2D eigenvalue weighted by atomic mass is 28.3. The molecule has 0 aliphatic heterocycles. The minimum absolute atomic E-state index is 0.636. The van der Waals surface area contributed by atoms with Gasteiger partial charge < -0.3 is 4.74 Å². The summed E-state index contributed by atoms with van der Waals surface area (Å²) in [7, 11) is -1.19. The largest absolute Gasteiger partial charge is 0.489 e. The Kier molecular flexibility index (Phi) is 4.10. The van der Waals surface area contributed by atoms with E-state index >= 15 is 0 Å². The van der Waals surface area contributed by atoms with E-state index in [-0.39, 0.29) is 0 Å². The molecule has 0 unspecified atom stereocenters. The first-order valence-corrected chi connectivity index (χ1v) is 10.2. The zero-order chi connectivity index (χ0) is 13.9. The van der Waals surface area contributed by atoms with Gasteiger partial charge in [0.1, 0.15) is 12.4 Å². The van der Waals surface area contributed by atoms with E-state index in [0.717, 1.165) is 5.75 Å². The lowest BCUT2D eigenvalue weighted by Crippen LogP contribution is -2.37. The third-order valence-corrected chi connectivity index (χ3v) is 5.37. The monoisotopic (exact) mass is 270 g/mol. The van der Waals surface area contributed by atoms with Crippen molar-refractivity contribution in [1.82, 2.24) is 0 Å². The van der Waals surface area contributed by atoms with E-state index in [1.54, 1.807) is 0 Å². The second-order valence-electron chi connectivity index (χ2n) is 6.00. The average molecular weight is 270 g/mol. The van der Waals surface area contributed by atoms with Gasteiger partial charge in [0.2, 0.25) is 0 Å². The van der Waals surface area contributed by atoms with Gasteiger partial charge in [-0.25, -0.2) is 0 Å². The summed E-state index contributed by atoms with van der Waals surface area (Å²) in [4.78, 5) is 0. The topological polar surface area (TPSA) is 9.23 Å². The van der Waals surface area contributed by atoms with Gasteiger partial charge in [0.05, 0.1) is 8.07 Å². The number of rotatable bonds is 4. The number of benzene rings is 2. The van der Waals surface area contributed by atoms with Crippen molar-refractivity contribution in [2.24, 2.45) is 0 Å². The van der Waals surface area contributed by atoms with Crippen LogP contribution in [0.5, 0.6) is 5.75 Å². The summed E-state index contributed by atoms with van der Waals surface area (Å²) in [6, 6.07) is 17.0. The van der Waals surface area contributed by atoms with Crippen LogP contribution in [-0.2, 0) is 6.61 Å². The Balaban J connectivity index is 2.03. The highest BCUT2D eigenvalue weighted by Crippen LogP contribution is 2.17. The zero-order valence-corrected chi connectivity index (χ0v) is 13.2. The van der Waals surface area contributed by atoms with Crippen molar-refractivity contribution in [2.75, 3.05) is 0 Å². The maximum atomic E-state index is 5.86. The summed E-state index contributed by atoms with van der Waals surface area (Å²) in [6.07, 6.45) is 0. The van der Waals surface area contributed by atoms with Crippen molar-refractivity contribution < 1.29 is 4.74 Å². The minimum atomic E-state index is -1.19. The number of para-hydroxylation sites is 1. The van der Waals surface area contributed by atoms with Gasteiger partial charge in [-0.2, -0.15) is 0 Å². The van der Waals surface area contributed by atoms with Crippen LogP contribution in [0.4, 0.5) is 0 Å². The predicted molar refractivity (Wildman–Crippen MR) is 84.9 cm³/mol. The molecule has 19 heavy (non-hydrogen) atoms. The van der Waals surface area contributed by atoms with E-state index in [1.165, 1.54) is 16.3 Å². The molecule has 0 radical (unpaired) electrons. The fourth-order valence-electron chi connectivity index (χ4n) is 1.98. The second-order valence-corrected chi connectivity index (χ2v) is 11.1. The van der Waals surface area contributed by atoms with E-state index in [9.17, 15) is 0 Å². The average Bonchev–Trinajstić information content (AvgIpc) is 2.37. The van der Waals surface area contributed by atoms with Crippen molar-refractivity contribution in [3.63, 3.8) is 0 Å². The first-order valence-electron chi connectivity index (χ1n) is 6.75. The molecule has 2 aromatic carbocycles. The fourth-order valence-corrected chi connectivity index (χ4v) is 3.15. The third kappa shape index (κ3) is 3.71. The second kappa shape index (κ2) is 5.62. The Morgan fingerprint density at radius 1 is 0.895 bits per heavy atom. The quantitative estimate of drug-likeness (QED) is 0.759. The molecule has 1 nitrogen and oxygen atoms in total. The lowest BCUT2D eigenvalue weighted by Gasteiger charge is -2.17. The Bertz CT molecular complexity index is 538. The lowest BCUT2D eigenvalue weighted by atomic mass is 10.2. The molecule has 0 atom stereocenters. The SMILES string of the molecule is Cc1ccccc1OCc1ccc([Si](C)(C)C)cc1. The molecule has 0 saturated heterocycles. The summed E-state index contributed by atoms with van der Waals surface area (Å²) in [5.74, 6) is 0.969. The van der Waals surface area contributed by atoms with Gasteiger partial charge in [-0.3, -0.25) is 0 Å². The van der Waals surface area contributed by atoms with Gasteiger partial charge in [0.25, 0.3) is 0 Å². The maximum Gasteiger partial charge on any atom is 0.122 e. The molecule has 0 N–H and O–H groups in total. The van der Waals surface area contributed by atoms with E-state index < -0.39 is 8.07 Å². The van der Waals surface area contributed by atoms with E-state index in [2.05, 4.69) is 56.9 Å². The highest BCUT2D eigenvalue weighted by Gasteiger charge is 2.15. The van der Waals surface area contributed by atoms with Crippen molar-refractivity contribution >= 4 is 13.3 Å². The van der Waals surface area contributed by atoms with Crippen molar-refractivity contribution in [3.05, 3.63) is 59.7 Å². The molecule has 0 amide bonds. The zero-order valence-electron chi connectivity index (χ0n) is 12.2. The van der Waals surface area contributed by atoms with Gasteiger partial charge in [-0.15, -0.1) is 0 Å². The molecule has 0 aromatic heterocycles. The summed E-state index contributed by atoms with van der Waals surface area (Å²) >= 11 is 0. The third-order valence-electron chi connectivity index (χ3n) is 3.31. The normalized spacial score (nSPS) is 11.4. The lowest BCUT2D eigenvalue weighted by molar-refractivity contribution is 0.304. The van der Waals surface area contributed by atoms with Gasteiger partial charge in [0, 0.05) is 0 Å². The van der Waals surface area contributed by atoms with Gasteiger partial charge in [0.15, 0.2) is 0 Å². The number of aryl methyl sites for hydroxylation is 1. The number of hydrogen-bond donors (Lipinski definition) is 0. The Hall–Kier alpha value is -1.54. The summed E-state index contributed by atoms with van der Waals surface area (Å²) in [6.45, 7) is 9.81. The Morgan fingerprint density at radius 3 is 2.11 bits per heavy atom. The molecule has 2 rings (SSSR count). The molecular weight excluding hydrogens is 248 g/mol. The van der Waals surface area contributed by atoms with Gasteiger partial charge in [-0.05, 0) is 24.1 Å². The standard InChI is InChI=1S/C17H22OSi/c1-14-7-5-6-8-17(14)18-13-15-9-11-16(12-10-15)19(2,3)4/h5-12H,13H2,1-4H3. The van der Waals surface area contributed by atoms with Crippen molar-refractivity contribution in [1.29, 1.82) is 0 Å². The van der Waals surface area contributed by atoms with Crippen LogP contribution in [0.1, 0.15) is 11.1 Å². The predicted octanol–water partition coefficient (Wildman–Crippen LogP) is 4.12. The molecule has 2 heteroatoms. The minimum Gasteiger partial charge on any atom is -0.489 e. The van der Waals surface area contributed by atoms with Crippen molar-refractivity contribution in [3.8, 4) is 5.75 Å². The molecule has 0 spiro atoms. The van der Waals surface area contributed by atoms with Crippen LogP contribution in [0.15, 0.2) is 48.5 Å². The maximum absolute atomic E-state index is 5.86. The van der Waals surface area contributed by atoms with Crippen LogP contribution in [0.25, 0.3) is 0 Å². The molecule has 2 aromatic rings. The molecule has 100 valence electrons. The Labute approximate surface area is 117 Å². The van der Waals surface area contributed by atoms with E-state index in [1.807, 2.05) is 18.2 Å². The molecule has 0 bridgehead atoms. The van der Waals surface area contributed by atoms with Gasteiger partial charge >= 0.3 is 0 Å². The number of hydrogen-bond acceptors (Lipinski definition) is 1. The molecule has 0 aliphatic rings. The smallest absolute Gasteiger partial charge is 0.122 e. The summed E-state index contributed by atoms with van der Waals surface area (Å²) in [5.41, 5.74) is 2.41. The van der Waals surface area contributed by atoms with Crippen LogP contribution in [-0.4, -0.2) is 8.07 Å². The molecular formula is C17H22OSi. The molecule has 0 aliphatic carbocycles. The molecule has 0 saturated carbocycles. The van der Waals surface area contributed by atoms with Crippen LogP contribution >= 0.6 is 0 Å². The van der Waals surface area contributed by atoms with E-state index in [0.29, 0.717) is 6.61 Å². The van der Waals surface area contributed by atoms with Crippen LogP contribution in [0, 0.1) is 6.92 Å². The molecule has 0 heterocycles. The Morgan fingerprint density at radius 2 is 1.53 bits per heavy atom. The van der Waals surface area contributed by atoms with Crippen molar-refractivity contribution in [2.45, 2.75) is 33.2 Å². The summed E-state index contributed by atoms with van der Waals surface area (Å²) < 4.78 is 5.86. The fraction of sp³-hybridized carbons (Fsp3) is 0.294. The highest BCUT2D eigenvalue weighted by molar-refractivity contribution is 6.88. The number of ether oxygens (including phenoxy) is 1. The first kappa shape index (κ1) is 13.9. The first-order chi connectivity index (χ1) is 8.97. The van der Waals surface area contributed by atoms with Gasteiger partial charge in [-0.1, -0.05) is 67.3 Å². The van der Waals surface area contributed by atoms with E-state index in [4.69, 9.17) is 4.74 Å². The van der Waals surface area contributed by atoms with Crippen LogP contribution in [0.3, 0.4) is 0 Å². The molecule has 0 fully saturated rings. The summed E-state index contributed by atoms with van der Waals surface area (Å²) in [5, 5.41) is 1.49.